The zero-order valence-electron chi connectivity index (χ0n) is 9.47. The summed E-state index contributed by atoms with van der Waals surface area (Å²) >= 11 is 11.0. The third kappa shape index (κ3) is 2.97. The average molecular weight is 279 g/mol. The lowest BCUT2D eigenvalue weighted by Gasteiger charge is -2.11. The van der Waals surface area contributed by atoms with Crippen LogP contribution in [0.15, 0.2) is 42.7 Å². The van der Waals surface area contributed by atoms with E-state index in [9.17, 15) is 0 Å². The normalized spacial score (nSPS) is 10.1. The van der Waals surface area contributed by atoms with E-state index in [-0.39, 0.29) is 4.99 Å². The molecule has 0 aliphatic carbocycles. The fourth-order valence-electron chi connectivity index (χ4n) is 1.50. The van der Waals surface area contributed by atoms with Gasteiger partial charge in [0.2, 0.25) is 0 Å². The fraction of sp³-hybridized carbons (Fsp3) is 0.0769. The molecule has 1 aromatic heterocycles. The maximum absolute atomic E-state index is 6.05. The van der Waals surface area contributed by atoms with E-state index >= 15 is 0 Å². The number of hydrogen-bond acceptors (Lipinski definition) is 3. The number of nitrogens with zero attached hydrogens (tertiary/aromatic N) is 1. The van der Waals surface area contributed by atoms with Gasteiger partial charge >= 0.3 is 0 Å². The molecule has 0 bridgehead atoms. The molecule has 0 fully saturated rings. The second-order valence-corrected chi connectivity index (χ2v) is 4.47. The van der Waals surface area contributed by atoms with E-state index in [0.717, 1.165) is 5.56 Å². The second kappa shape index (κ2) is 5.80. The Balaban J connectivity index is 2.20. The monoisotopic (exact) mass is 278 g/mol. The number of ether oxygens (including phenoxy) is 1. The van der Waals surface area contributed by atoms with Crippen LogP contribution in [0, 0.1) is 0 Å². The highest BCUT2D eigenvalue weighted by atomic mass is 35.5. The topological polar surface area (TPSA) is 48.1 Å². The minimum absolute atomic E-state index is 0.227. The van der Waals surface area contributed by atoms with Crippen molar-refractivity contribution < 1.29 is 4.74 Å². The van der Waals surface area contributed by atoms with Crippen LogP contribution in [0.25, 0.3) is 0 Å². The first-order chi connectivity index (χ1) is 8.68. The highest BCUT2D eigenvalue weighted by Gasteiger charge is 2.10. The molecular formula is C13H11ClN2OS. The number of benzene rings is 1. The van der Waals surface area contributed by atoms with E-state index in [2.05, 4.69) is 4.98 Å². The number of nitrogens with two attached hydrogens (primary N) is 1. The Morgan fingerprint density at radius 3 is 2.67 bits per heavy atom. The molecule has 2 N–H and O–H groups in total. The van der Waals surface area contributed by atoms with Crippen molar-refractivity contribution in [1.82, 2.24) is 4.98 Å². The lowest BCUT2D eigenvalue weighted by Crippen LogP contribution is -2.12. The zero-order valence-corrected chi connectivity index (χ0v) is 11.0. The summed E-state index contributed by atoms with van der Waals surface area (Å²) in [5.41, 5.74) is 7.23. The molecule has 0 aliphatic heterocycles. The van der Waals surface area contributed by atoms with Gasteiger partial charge in [-0.2, -0.15) is 0 Å². The van der Waals surface area contributed by atoms with Gasteiger partial charge in [0.05, 0.1) is 10.6 Å². The van der Waals surface area contributed by atoms with Crippen molar-refractivity contribution in [3.63, 3.8) is 0 Å². The molecule has 5 heteroatoms. The molecule has 0 amide bonds. The molecule has 0 saturated carbocycles. The fourth-order valence-corrected chi connectivity index (χ4v) is 2.04. The third-order valence-corrected chi connectivity index (χ3v) is 2.88. The van der Waals surface area contributed by atoms with Crippen molar-refractivity contribution in [2.75, 3.05) is 0 Å². The van der Waals surface area contributed by atoms with Crippen LogP contribution < -0.4 is 10.5 Å². The van der Waals surface area contributed by atoms with E-state index in [1.807, 2.05) is 12.1 Å². The summed E-state index contributed by atoms with van der Waals surface area (Å²) in [4.78, 5) is 4.17. The van der Waals surface area contributed by atoms with Crippen molar-refractivity contribution >= 4 is 28.8 Å². The standard InChI is InChI=1S/C13H11ClN2OS/c14-10-2-1-3-11(12(10)13(15)18)17-8-9-4-6-16-7-5-9/h1-7H,8H2,(H2,15,18). The Kier molecular flexibility index (Phi) is 4.12. The molecule has 0 unspecified atom stereocenters. The predicted octanol–water partition coefficient (Wildman–Crippen LogP) is 2.95. The van der Waals surface area contributed by atoms with Gasteiger partial charge in [-0.1, -0.05) is 29.9 Å². The van der Waals surface area contributed by atoms with Gasteiger partial charge in [-0.3, -0.25) is 4.98 Å². The maximum Gasteiger partial charge on any atom is 0.131 e. The van der Waals surface area contributed by atoms with Crippen molar-refractivity contribution in [2.45, 2.75) is 6.61 Å². The molecule has 0 atom stereocenters. The second-order valence-electron chi connectivity index (χ2n) is 3.62. The summed E-state index contributed by atoms with van der Waals surface area (Å²) in [7, 11) is 0. The summed E-state index contributed by atoms with van der Waals surface area (Å²) < 4.78 is 5.69. The van der Waals surface area contributed by atoms with Crippen LogP contribution in [0.2, 0.25) is 5.02 Å². The van der Waals surface area contributed by atoms with Gasteiger partial charge in [-0.25, -0.2) is 0 Å². The Labute approximate surface area is 116 Å². The lowest BCUT2D eigenvalue weighted by molar-refractivity contribution is 0.305. The van der Waals surface area contributed by atoms with Crippen LogP contribution in [0.1, 0.15) is 11.1 Å². The molecule has 1 aromatic carbocycles. The van der Waals surface area contributed by atoms with Crippen molar-refractivity contribution in [1.29, 1.82) is 0 Å². The minimum atomic E-state index is 0.227. The number of halogens is 1. The molecule has 0 saturated heterocycles. The van der Waals surface area contributed by atoms with Crippen molar-refractivity contribution in [3.05, 3.63) is 58.9 Å². The molecule has 2 aromatic rings. The SMILES string of the molecule is NC(=S)c1c(Cl)cccc1OCc1ccncc1. The van der Waals surface area contributed by atoms with E-state index in [0.29, 0.717) is 22.9 Å². The van der Waals surface area contributed by atoms with E-state index < -0.39 is 0 Å². The first-order valence-corrected chi connectivity index (χ1v) is 6.07. The minimum Gasteiger partial charge on any atom is -0.488 e. The van der Waals surface area contributed by atoms with E-state index in [1.54, 1.807) is 30.6 Å². The number of aromatic nitrogens is 1. The van der Waals surface area contributed by atoms with Crippen LogP contribution in [0.5, 0.6) is 5.75 Å². The van der Waals surface area contributed by atoms with Crippen molar-refractivity contribution in [2.24, 2.45) is 5.73 Å². The molecule has 0 aliphatic rings. The van der Waals surface area contributed by atoms with Crippen LogP contribution in [-0.4, -0.2) is 9.97 Å². The van der Waals surface area contributed by atoms with Gasteiger partial charge in [0.1, 0.15) is 17.3 Å². The van der Waals surface area contributed by atoms with E-state index in [1.165, 1.54) is 0 Å². The average Bonchev–Trinajstić information content (AvgIpc) is 2.37. The highest BCUT2D eigenvalue weighted by molar-refractivity contribution is 7.80. The number of hydrogen-bond donors (Lipinski definition) is 1. The lowest BCUT2D eigenvalue weighted by atomic mass is 10.2. The summed E-state index contributed by atoms with van der Waals surface area (Å²) in [6, 6.07) is 9.08. The third-order valence-electron chi connectivity index (χ3n) is 2.37. The zero-order chi connectivity index (χ0) is 13.0. The molecule has 1 heterocycles. The number of pyridine rings is 1. The van der Waals surface area contributed by atoms with Crippen LogP contribution in [0.4, 0.5) is 0 Å². The molecule has 92 valence electrons. The smallest absolute Gasteiger partial charge is 0.131 e. The molecule has 2 rings (SSSR count). The highest BCUT2D eigenvalue weighted by Crippen LogP contribution is 2.26. The molecule has 0 spiro atoms. The Morgan fingerprint density at radius 1 is 1.28 bits per heavy atom. The predicted molar refractivity (Wildman–Crippen MR) is 75.9 cm³/mol. The Bertz CT molecular complexity index is 560. The number of thiocarbonyl (C=S) groups is 1. The van der Waals surface area contributed by atoms with Gasteiger partial charge in [-0.15, -0.1) is 0 Å². The number of rotatable bonds is 4. The largest absolute Gasteiger partial charge is 0.488 e. The summed E-state index contributed by atoms with van der Waals surface area (Å²) in [6.45, 7) is 0.415. The Morgan fingerprint density at radius 2 is 2.00 bits per heavy atom. The van der Waals surface area contributed by atoms with Gasteiger partial charge in [0.25, 0.3) is 0 Å². The molecule has 18 heavy (non-hydrogen) atoms. The van der Waals surface area contributed by atoms with Crippen LogP contribution >= 0.6 is 23.8 Å². The molecule has 0 radical (unpaired) electrons. The van der Waals surface area contributed by atoms with Gasteiger partial charge in [0, 0.05) is 12.4 Å². The quantitative estimate of drug-likeness (QED) is 0.874. The van der Waals surface area contributed by atoms with Crippen molar-refractivity contribution in [3.8, 4) is 5.75 Å². The molecule has 3 nitrogen and oxygen atoms in total. The van der Waals surface area contributed by atoms with Gasteiger partial charge < -0.3 is 10.5 Å². The maximum atomic E-state index is 6.05. The van der Waals surface area contributed by atoms with Crippen LogP contribution in [-0.2, 0) is 6.61 Å². The molecular weight excluding hydrogens is 268 g/mol. The first-order valence-electron chi connectivity index (χ1n) is 5.28. The van der Waals surface area contributed by atoms with E-state index in [4.69, 9.17) is 34.3 Å². The van der Waals surface area contributed by atoms with Gasteiger partial charge in [0.15, 0.2) is 0 Å². The first kappa shape index (κ1) is 12.8. The van der Waals surface area contributed by atoms with Crippen LogP contribution in [0.3, 0.4) is 0 Å². The Hall–Kier alpha value is -1.65. The van der Waals surface area contributed by atoms with Gasteiger partial charge in [-0.05, 0) is 29.8 Å². The summed E-state index contributed by atoms with van der Waals surface area (Å²) in [5, 5.41) is 0.495. The summed E-state index contributed by atoms with van der Waals surface area (Å²) in [5.74, 6) is 0.590. The summed E-state index contributed by atoms with van der Waals surface area (Å²) in [6.07, 6.45) is 3.43.